The van der Waals surface area contributed by atoms with E-state index >= 15 is 0 Å². The van der Waals surface area contributed by atoms with Crippen LogP contribution >= 0.6 is 11.8 Å². The fourth-order valence-corrected chi connectivity index (χ4v) is 4.31. The third kappa shape index (κ3) is 10.9. The van der Waals surface area contributed by atoms with Gasteiger partial charge in [-0.15, -0.1) is 0 Å². The molecule has 3 nitrogen and oxygen atoms in total. The van der Waals surface area contributed by atoms with E-state index in [4.69, 9.17) is 4.74 Å². The summed E-state index contributed by atoms with van der Waals surface area (Å²) in [4.78, 5) is 5.41. The van der Waals surface area contributed by atoms with E-state index in [1.807, 2.05) is 30.5 Å². The number of unbranched alkanes of at least 4 members (excludes halogenated alkanes) is 9. The Hall–Kier alpha value is -1.26. The van der Waals surface area contributed by atoms with E-state index in [0.717, 1.165) is 19.6 Å². The van der Waals surface area contributed by atoms with Gasteiger partial charge in [-0.25, -0.2) is 4.98 Å². The van der Waals surface area contributed by atoms with E-state index in [0.29, 0.717) is 0 Å². The zero-order chi connectivity index (χ0) is 19.7. The highest BCUT2D eigenvalue weighted by molar-refractivity contribution is 7.99. The fraction of sp³-hybridized carbons (Fsp3) is 0.625. The highest BCUT2D eigenvalue weighted by Gasteiger charge is 2.11. The van der Waals surface area contributed by atoms with Crippen LogP contribution in [0.2, 0.25) is 0 Å². The Morgan fingerprint density at radius 2 is 1.61 bits per heavy atom. The molecule has 0 aliphatic heterocycles. The highest BCUT2D eigenvalue weighted by Crippen LogP contribution is 2.26. The number of nitrogens with zero attached hydrogens (tertiary/aromatic N) is 2. The Morgan fingerprint density at radius 3 is 2.25 bits per heavy atom. The van der Waals surface area contributed by atoms with Gasteiger partial charge in [-0.2, -0.15) is 0 Å². The zero-order valence-electron chi connectivity index (χ0n) is 17.6. The Balaban J connectivity index is 1.57. The van der Waals surface area contributed by atoms with Crippen LogP contribution in [0, 0.1) is 0 Å². The van der Waals surface area contributed by atoms with Crippen molar-refractivity contribution in [3.05, 3.63) is 49.1 Å². The summed E-state index contributed by atoms with van der Waals surface area (Å²) in [5.74, 6) is 0. The van der Waals surface area contributed by atoms with Crippen molar-refractivity contribution >= 4 is 11.8 Å². The summed E-state index contributed by atoms with van der Waals surface area (Å²) in [6, 6.07) is 10.6. The molecule has 1 aromatic heterocycles. The standard InChI is InChI=1S/C24H38N2OS/c1-2-3-4-5-6-7-8-9-10-14-21-27-24(17-19-26-20-18-25-22-26)28-23-15-12-11-13-16-23/h11-13,15-16,18,20,22,24H,2-10,14,17,19,21H2,1H3. The molecule has 0 radical (unpaired) electrons. The minimum absolute atomic E-state index is 0.198. The maximum Gasteiger partial charge on any atom is 0.109 e. The van der Waals surface area contributed by atoms with Crippen LogP contribution in [0.25, 0.3) is 0 Å². The van der Waals surface area contributed by atoms with Crippen LogP contribution in [-0.4, -0.2) is 21.6 Å². The topological polar surface area (TPSA) is 27.1 Å². The second-order valence-corrected chi connectivity index (χ2v) is 8.74. The number of rotatable bonds is 17. The zero-order valence-corrected chi connectivity index (χ0v) is 18.4. The number of aryl methyl sites for hydroxylation is 1. The van der Waals surface area contributed by atoms with Gasteiger partial charge in [0.2, 0.25) is 0 Å². The van der Waals surface area contributed by atoms with Crippen LogP contribution in [0.5, 0.6) is 0 Å². The summed E-state index contributed by atoms with van der Waals surface area (Å²) in [5, 5.41) is 0. The molecule has 0 aliphatic rings. The molecule has 1 heterocycles. The predicted octanol–water partition coefficient (Wildman–Crippen LogP) is 7.33. The van der Waals surface area contributed by atoms with Crippen molar-refractivity contribution in [3.63, 3.8) is 0 Å². The SMILES string of the molecule is CCCCCCCCCCCCOC(CCn1ccnc1)Sc1ccccc1. The second-order valence-electron chi connectivity index (χ2n) is 7.50. The number of hydrogen-bond acceptors (Lipinski definition) is 3. The molecule has 0 saturated heterocycles. The van der Waals surface area contributed by atoms with Gasteiger partial charge in [0.25, 0.3) is 0 Å². The van der Waals surface area contributed by atoms with Crippen molar-refractivity contribution in [2.24, 2.45) is 0 Å². The lowest BCUT2D eigenvalue weighted by atomic mass is 10.1. The van der Waals surface area contributed by atoms with E-state index in [-0.39, 0.29) is 5.44 Å². The maximum absolute atomic E-state index is 6.25. The first-order chi connectivity index (χ1) is 13.9. The Morgan fingerprint density at radius 1 is 0.929 bits per heavy atom. The second kappa shape index (κ2) is 15.6. The molecule has 0 spiro atoms. The third-order valence-electron chi connectivity index (χ3n) is 4.99. The van der Waals surface area contributed by atoms with Crippen LogP contribution < -0.4 is 0 Å². The molecule has 0 N–H and O–H groups in total. The Bertz CT molecular complexity index is 574. The summed E-state index contributed by atoms with van der Waals surface area (Å²) in [6.07, 6.45) is 20.3. The van der Waals surface area contributed by atoms with Gasteiger partial charge >= 0.3 is 0 Å². The van der Waals surface area contributed by atoms with Crippen LogP contribution in [0.1, 0.15) is 77.6 Å². The minimum Gasteiger partial charge on any atom is -0.367 e. The van der Waals surface area contributed by atoms with Gasteiger partial charge in [-0.1, -0.05) is 94.7 Å². The van der Waals surface area contributed by atoms with Gasteiger partial charge in [-0.05, 0) is 18.6 Å². The fourth-order valence-electron chi connectivity index (χ4n) is 3.30. The van der Waals surface area contributed by atoms with Crippen molar-refractivity contribution in [2.45, 2.75) is 94.4 Å². The summed E-state index contributed by atoms with van der Waals surface area (Å²) in [7, 11) is 0. The first-order valence-electron chi connectivity index (χ1n) is 11.2. The van der Waals surface area contributed by atoms with E-state index in [1.165, 1.54) is 69.1 Å². The van der Waals surface area contributed by atoms with Gasteiger partial charge in [0.1, 0.15) is 5.44 Å². The average Bonchev–Trinajstić information content (AvgIpc) is 3.24. The molecule has 0 aliphatic carbocycles. The predicted molar refractivity (Wildman–Crippen MR) is 121 cm³/mol. The molecular weight excluding hydrogens is 364 g/mol. The molecule has 156 valence electrons. The lowest BCUT2D eigenvalue weighted by molar-refractivity contribution is 0.100. The molecule has 0 bridgehead atoms. The van der Waals surface area contributed by atoms with Crippen LogP contribution in [0.15, 0.2) is 53.9 Å². The first kappa shape index (κ1) is 23.0. The molecule has 1 unspecified atom stereocenters. The smallest absolute Gasteiger partial charge is 0.109 e. The van der Waals surface area contributed by atoms with Crippen molar-refractivity contribution in [2.75, 3.05) is 6.61 Å². The quantitative estimate of drug-likeness (QED) is 0.157. The number of imidazole rings is 1. The molecular formula is C24H38N2OS. The Labute approximate surface area is 176 Å². The molecule has 0 saturated carbocycles. The normalized spacial score (nSPS) is 12.3. The number of hydrogen-bond donors (Lipinski definition) is 0. The molecule has 1 aromatic carbocycles. The van der Waals surface area contributed by atoms with E-state index in [2.05, 4.69) is 46.8 Å². The van der Waals surface area contributed by atoms with E-state index < -0.39 is 0 Å². The lowest BCUT2D eigenvalue weighted by Gasteiger charge is -2.18. The summed E-state index contributed by atoms with van der Waals surface area (Å²) in [5.41, 5.74) is 0.198. The van der Waals surface area contributed by atoms with Gasteiger partial charge < -0.3 is 9.30 Å². The molecule has 4 heteroatoms. The van der Waals surface area contributed by atoms with Crippen LogP contribution in [0.3, 0.4) is 0 Å². The van der Waals surface area contributed by atoms with Crippen molar-refractivity contribution in [3.8, 4) is 0 Å². The number of ether oxygens (including phenoxy) is 1. The molecule has 0 amide bonds. The average molecular weight is 403 g/mol. The number of aromatic nitrogens is 2. The third-order valence-corrected chi connectivity index (χ3v) is 6.17. The van der Waals surface area contributed by atoms with Gasteiger partial charge in [0.15, 0.2) is 0 Å². The van der Waals surface area contributed by atoms with Crippen molar-refractivity contribution in [1.29, 1.82) is 0 Å². The number of thioether (sulfide) groups is 1. The summed E-state index contributed by atoms with van der Waals surface area (Å²) in [6.45, 7) is 4.09. The van der Waals surface area contributed by atoms with Gasteiger partial charge in [0, 0.05) is 36.9 Å². The molecule has 28 heavy (non-hydrogen) atoms. The number of benzene rings is 1. The monoisotopic (exact) mass is 402 g/mol. The lowest BCUT2D eigenvalue weighted by Crippen LogP contribution is -2.13. The molecule has 1 atom stereocenters. The highest BCUT2D eigenvalue weighted by atomic mass is 32.2. The van der Waals surface area contributed by atoms with Crippen molar-refractivity contribution in [1.82, 2.24) is 9.55 Å². The van der Waals surface area contributed by atoms with Gasteiger partial charge in [0.05, 0.1) is 6.33 Å². The van der Waals surface area contributed by atoms with E-state index in [9.17, 15) is 0 Å². The molecule has 2 rings (SSSR count). The largest absolute Gasteiger partial charge is 0.367 e. The Kier molecular flexibility index (Phi) is 12.9. The van der Waals surface area contributed by atoms with Crippen molar-refractivity contribution < 1.29 is 4.74 Å². The maximum atomic E-state index is 6.25. The minimum atomic E-state index is 0.198. The molecule has 2 aromatic rings. The molecule has 0 fully saturated rings. The van der Waals surface area contributed by atoms with E-state index in [1.54, 1.807) is 0 Å². The first-order valence-corrected chi connectivity index (χ1v) is 12.1. The van der Waals surface area contributed by atoms with Gasteiger partial charge in [-0.3, -0.25) is 0 Å². The summed E-state index contributed by atoms with van der Waals surface area (Å²) >= 11 is 1.84. The van der Waals surface area contributed by atoms with Crippen LogP contribution in [-0.2, 0) is 11.3 Å². The van der Waals surface area contributed by atoms with Crippen LogP contribution in [0.4, 0.5) is 0 Å². The summed E-state index contributed by atoms with van der Waals surface area (Å²) < 4.78 is 8.37.